The molecule has 1 aromatic heterocycles. The summed E-state index contributed by atoms with van der Waals surface area (Å²) >= 11 is 0.826. The Balaban J connectivity index is 1.36. The Kier molecular flexibility index (Phi) is 6.09. The van der Waals surface area contributed by atoms with Crippen molar-refractivity contribution in [2.45, 2.75) is 6.54 Å². The fourth-order valence-corrected chi connectivity index (χ4v) is 4.08. The number of nitro benzene ring substituents is 1. The molecule has 0 atom stereocenters. The first-order valence-electron chi connectivity index (χ1n) is 9.68. The third-order valence-electron chi connectivity index (χ3n) is 4.79. The van der Waals surface area contributed by atoms with E-state index in [9.17, 15) is 29.3 Å². The minimum atomic E-state index is -0.836. The van der Waals surface area contributed by atoms with E-state index in [4.69, 9.17) is 4.42 Å². The molecule has 11 nitrogen and oxygen atoms in total. The van der Waals surface area contributed by atoms with Crippen LogP contribution in [0.4, 0.5) is 10.5 Å². The van der Waals surface area contributed by atoms with Crippen LogP contribution in [-0.2, 0) is 16.1 Å². The van der Waals surface area contributed by atoms with Crippen molar-refractivity contribution >= 4 is 51.7 Å². The second kappa shape index (κ2) is 9.12. The zero-order chi connectivity index (χ0) is 23.5. The molecule has 2 heterocycles. The minimum Gasteiger partial charge on any atom is -0.407 e. The lowest BCUT2D eigenvalue weighted by Gasteiger charge is -2.13. The van der Waals surface area contributed by atoms with Gasteiger partial charge in [-0.2, -0.15) is 0 Å². The summed E-state index contributed by atoms with van der Waals surface area (Å²) in [6.45, 7) is -0.430. The van der Waals surface area contributed by atoms with E-state index in [2.05, 4.69) is 5.32 Å². The number of imide groups is 1. The zero-order valence-corrected chi connectivity index (χ0v) is 17.7. The van der Waals surface area contributed by atoms with Crippen molar-refractivity contribution in [3.8, 4) is 0 Å². The van der Waals surface area contributed by atoms with E-state index in [0.717, 1.165) is 32.9 Å². The predicted molar refractivity (Wildman–Crippen MR) is 119 cm³/mol. The molecule has 0 spiro atoms. The highest BCUT2D eigenvalue weighted by Gasteiger charge is 2.34. The van der Waals surface area contributed by atoms with Crippen LogP contribution < -0.4 is 11.1 Å². The number of nitrogens with one attached hydrogen (secondary N) is 1. The molecular formula is C21H16N4O7S. The normalized spacial score (nSPS) is 14.9. The molecule has 0 saturated carbocycles. The summed E-state index contributed by atoms with van der Waals surface area (Å²) in [6, 6.07) is 12.7. The van der Waals surface area contributed by atoms with Gasteiger partial charge in [0.15, 0.2) is 5.58 Å². The van der Waals surface area contributed by atoms with Crippen molar-refractivity contribution in [3.05, 3.63) is 79.7 Å². The first kappa shape index (κ1) is 22.0. The van der Waals surface area contributed by atoms with Crippen molar-refractivity contribution in [2.24, 2.45) is 0 Å². The zero-order valence-electron chi connectivity index (χ0n) is 16.9. The van der Waals surface area contributed by atoms with Crippen LogP contribution in [0.5, 0.6) is 0 Å². The highest BCUT2D eigenvalue weighted by atomic mass is 32.2. The lowest BCUT2D eigenvalue weighted by molar-refractivity contribution is -0.384. The summed E-state index contributed by atoms with van der Waals surface area (Å²) in [6.07, 6.45) is 1.63. The number of nitro groups is 1. The SMILES string of the molecule is O=C(Cn1c(=O)oc2cc([N+](=O)[O-])ccc21)NCCN1C(=O)S/C(=C/c2ccccc2)C1=O. The fourth-order valence-electron chi connectivity index (χ4n) is 3.22. The first-order chi connectivity index (χ1) is 15.8. The van der Waals surface area contributed by atoms with Crippen LogP contribution >= 0.6 is 11.8 Å². The smallest absolute Gasteiger partial charge is 0.407 e. The van der Waals surface area contributed by atoms with Gasteiger partial charge < -0.3 is 9.73 Å². The molecule has 33 heavy (non-hydrogen) atoms. The number of hydrogen-bond acceptors (Lipinski definition) is 8. The number of nitrogens with zero attached hydrogens (tertiary/aromatic N) is 3. The van der Waals surface area contributed by atoms with E-state index in [0.29, 0.717) is 4.91 Å². The second-order valence-corrected chi connectivity index (χ2v) is 7.95. The molecule has 12 heteroatoms. The molecule has 4 rings (SSSR count). The molecular weight excluding hydrogens is 452 g/mol. The Labute approximate surface area is 189 Å². The molecule has 3 aromatic rings. The Morgan fingerprint density at radius 1 is 1.15 bits per heavy atom. The lowest BCUT2D eigenvalue weighted by atomic mass is 10.2. The van der Waals surface area contributed by atoms with Crippen LogP contribution in [0, 0.1) is 10.1 Å². The van der Waals surface area contributed by atoms with Crippen molar-refractivity contribution < 1.29 is 23.7 Å². The van der Waals surface area contributed by atoms with Gasteiger partial charge in [0.2, 0.25) is 5.91 Å². The maximum absolute atomic E-state index is 12.5. The number of carbonyl (C=O) groups is 3. The average molecular weight is 468 g/mol. The highest BCUT2D eigenvalue weighted by molar-refractivity contribution is 8.18. The molecule has 0 unspecified atom stereocenters. The van der Waals surface area contributed by atoms with Crippen LogP contribution in [0.2, 0.25) is 0 Å². The number of non-ortho nitro benzene ring substituents is 1. The number of thioether (sulfide) groups is 1. The largest absolute Gasteiger partial charge is 0.420 e. The van der Waals surface area contributed by atoms with E-state index < -0.39 is 27.7 Å². The summed E-state index contributed by atoms with van der Waals surface area (Å²) in [5.41, 5.74) is 0.772. The summed E-state index contributed by atoms with van der Waals surface area (Å²) in [4.78, 5) is 60.6. The third-order valence-corrected chi connectivity index (χ3v) is 5.70. The molecule has 168 valence electrons. The predicted octanol–water partition coefficient (Wildman–Crippen LogP) is 2.36. The van der Waals surface area contributed by atoms with Gasteiger partial charge in [0.25, 0.3) is 16.8 Å². The molecule has 0 bridgehead atoms. The van der Waals surface area contributed by atoms with Crippen LogP contribution in [0.25, 0.3) is 17.2 Å². The van der Waals surface area contributed by atoms with Crippen molar-refractivity contribution in [1.29, 1.82) is 0 Å². The Bertz CT molecular complexity index is 1360. The average Bonchev–Trinajstić information content (AvgIpc) is 3.24. The number of aromatic nitrogens is 1. The van der Waals surface area contributed by atoms with Gasteiger partial charge >= 0.3 is 5.76 Å². The summed E-state index contributed by atoms with van der Waals surface area (Å²) < 4.78 is 6.02. The van der Waals surface area contributed by atoms with E-state index >= 15 is 0 Å². The number of carbonyl (C=O) groups excluding carboxylic acids is 3. The number of benzene rings is 2. The summed E-state index contributed by atoms with van der Waals surface area (Å²) in [5, 5.41) is 13.0. The third kappa shape index (κ3) is 4.70. The molecule has 0 aliphatic carbocycles. The maximum Gasteiger partial charge on any atom is 0.420 e. The number of hydrogen-bond donors (Lipinski definition) is 1. The van der Waals surface area contributed by atoms with E-state index in [1.165, 1.54) is 12.1 Å². The topological polar surface area (TPSA) is 145 Å². The van der Waals surface area contributed by atoms with Gasteiger partial charge in [-0.1, -0.05) is 30.3 Å². The summed E-state index contributed by atoms with van der Waals surface area (Å²) in [5.74, 6) is -1.83. The van der Waals surface area contributed by atoms with Crippen molar-refractivity contribution in [3.63, 3.8) is 0 Å². The van der Waals surface area contributed by atoms with Gasteiger partial charge in [-0.05, 0) is 29.5 Å². The van der Waals surface area contributed by atoms with E-state index in [-0.39, 0.29) is 36.4 Å². The van der Waals surface area contributed by atoms with E-state index in [1.807, 2.05) is 30.3 Å². The van der Waals surface area contributed by atoms with Gasteiger partial charge in [-0.15, -0.1) is 0 Å². The number of rotatable bonds is 7. The van der Waals surface area contributed by atoms with Gasteiger partial charge in [-0.3, -0.25) is 34.0 Å². The minimum absolute atomic E-state index is 0.00844. The molecule has 1 N–H and O–H groups in total. The Hall–Kier alpha value is -4.19. The standard InChI is InChI=1S/C21H16N4O7S/c26-18(12-24-15-7-6-14(25(30)31)11-16(15)32-20(24)28)22-8-9-23-19(27)17(33-21(23)29)10-13-4-2-1-3-5-13/h1-7,10-11H,8-9,12H2,(H,22,26)/b17-10+. The van der Waals surface area contributed by atoms with Gasteiger partial charge in [0.05, 0.1) is 21.4 Å². The lowest BCUT2D eigenvalue weighted by Crippen LogP contribution is -2.39. The Morgan fingerprint density at radius 2 is 1.91 bits per heavy atom. The van der Waals surface area contributed by atoms with Gasteiger partial charge in [-0.25, -0.2) is 4.79 Å². The number of amides is 3. The summed E-state index contributed by atoms with van der Waals surface area (Å²) in [7, 11) is 0. The van der Waals surface area contributed by atoms with Crippen LogP contribution in [0.1, 0.15) is 5.56 Å². The second-order valence-electron chi connectivity index (χ2n) is 6.96. The fraction of sp³-hybridized carbons (Fsp3) is 0.143. The van der Waals surface area contributed by atoms with Crippen molar-refractivity contribution in [1.82, 2.24) is 14.8 Å². The van der Waals surface area contributed by atoms with Crippen LogP contribution in [-0.4, -0.2) is 44.5 Å². The molecule has 2 aromatic carbocycles. The van der Waals surface area contributed by atoms with E-state index in [1.54, 1.807) is 6.08 Å². The molecule has 1 aliphatic heterocycles. The molecule has 1 saturated heterocycles. The quantitative estimate of drug-likeness (QED) is 0.316. The molecule has 3 amide bonds. The number of fused-ring (bicyclic) bond motifs is 1. The van der Waals surface area contributed by atoms with Gasteiger partial charge in [0.1, 0.15) is 6.54 Å². The van der Waals surface area contributed by atoms with Crippen LogP contribution in [0.3, 0.4) is 0 Å². The highest BCUT2D eigenvalue weighted by Crippen LogP contribution is 2.31. The molecule has 0 radical (unpaired) electrons. The van der Waals surface area contributed by atoms with Crippen LogP contribution in [0.15, 0.2) is 62.6 Å². The monoisotopic (exact) mass is 468 g/mol. The molecule has 1 aliphatic rings. The maximum atomic E-state index is 12.5. The first-order valence-corrected chi connectivity index (χ1v) is 10.5. The number of oxazole rings is 1. The molecule has 1 fully saturated rings. The Morgan fingerprint density at radius 3 is 2.64 bits per heavy atom. The van der Waals surface area contributed by atoms with Crippen molar-refractivity contribution in [2.75, 3.05) is 13.1 Å². The van der Waals surface area contributed by atoms with Gasteiger partial charge in [0, 0.05) is 19.2 Å².